The third kappa shape index (κ3) is 3.82. The number of amides is 2. The van der Waals surface area contributed by atoms with E-state index in [0.717, 1.165) is 17.7 Å². The summed E-state index contributed by atoms with van der Waals surface area (Å²) < 4.78 is 0. The number of pyridine rings is 1. The number of urea groups is 1. The fraction of sp³-hybridized carbons (Fsp3) is 0.250. The average Bonchev–Trinajstić information content (AvgIpc) is 2.49. The smallest absolute Gasteiger partial charge is 0.319 e. The van der Waals surface area contributed by atoms with E-state index in [0.29, 0.717) is 0 Å². The van der Waals surface area contributed by atoms with E-state index in [9.17, 15) is 4.79 Å². The molecule has 1 atom stereocenters. The molecule has 0 fully saturated rings. The van der Waals surface area contributed by atoms with Crippen LogP contribution in [0.25, 0.3) is 0 Å². The molecule has 2 aromatic rings. The number of nitrogens with one attached hydrogen (secondary N) is 2. The normalized spacial score (nSPS) is 11.7. The Bertz CT molecular complexity index is 552. The molecule has 0 aliphatic carbocycles. The maximum atomic E-state index is 11.9. The number of hydrogen-bond donors (Lipinski definition) is 2. The summed E-state index contributed by atoms with van der Waals surface area (Å²) in [7, 11) is 0. The molecule has 2 N–H and O–H groups in total. The van der Waals surface area contributed by atoms with Crippen LogP contribution in [0.2, 0.25) is 0 Å². The zero-order valence-electron chi connectivity index (χ0n) is 11.8. The molecule has 0 aliphatic heterocycles. The minimum Gasteiger partial charge on any atom is -0.331 e. The van der Waals surface area contributed by atoms with Crippen molar-refractivity contribution in [2.75, 3.05) is 5.32 Å². The van der Waals surface area contributed by atoms with Crippen LogP contribution < -0.4 is 10.6 Å². The van der Waals surface area contributed by atoms with E-state index in [1.54, 1.807) is 12.4 Å². The predicted octanol–water partition coefficient (Wildman–Crippen LogP) is 3.53. The number of aryl methyl sites for hydroxylation is 1. The van der Waals surface area contributed by atoms with Crippen molar-refractivity contribution >= 4 is 11.7 Å². The fourth-order valence-corrected chi connectivity index (χ4v) is 1.90. The number of benzene rings is 1. The van der Waals surface area contributed by atoms with E-state index in [1.165, 1.54) is 5.56 Å². The molecule has 1 aromatic heterocycles. The molecule has 4 nitrogen and oxygen atoms in total. The Labute approximate surface area is 119 Å². The maximum Gasteiger partial charge on any atom is 0.319 e. The van der Waals surface area contributed by atoms with E-state index in [4.69, 9.17) is 0 Å². The molecular formula is C16H19N3O. The second-order valence-corrected chi connectivity index (χ2v) is 4.66. The van der Waals surface area contributed by atoms with Crippen LogP contribution in [0.15, 0.2) is 48.8 Å². The third-order valence-corrected chi connectivity index (χ3v) is 3.15. The second kappa shape index (κ2) is 6.70. The van der Waals surface area contributed by atoms with Crippen LogP contribution in [0.1, 0.15) is 31.0 Å². The number of carbonyl (C=O) groups excluding carboxylic acids is 1. The summed E-state index contributed by atoms with van der Waals surface area (Å²) >= 11 is 0. The second-order valence-electron chi connectivity index (χ2n) is 4.66. The van der Waals surface area contributed by atoms with Crippen molar-refractivity contribution in [2.45, 2.75) is 26.3 Å². The molecule has 4 heteroatoms. The van der Waals surface area contributed by atoms with Gasteiger partial charge in [-0.2, -0.15) is 0 Å². The van der Waals surface area contributed by atoms with Gasteiger partial charge in [-0.1, -0.05) is 25.1 Å². The van der Waals surface area contributed by atoms with Crippen LogP contribution in [-0.4, -0.2) is 11.0 Å². The Morgan fingerprint density at radius 2 is 2.00 bits per heavy atom. The number of anilines is 1. The van der Waals surface area contributed by atoms with Crippen molar-refractivity contribution in [1.82, 2.24) is 10.3 Å². The highest BCUT2D eigenvalue weighted by molar-refractivity contribution is 5.89. The summed E-state index contributed by atoms with van der Waals surface area (Å²) in [6.07, 6.45) is 4.46. The minimum absolute atomic E-state index is 0.0846. The van der Waals surface area contributed by atoms with Gasteiger partial charge in [-0.25, -0.2) is 4.79 Å². The van der Waals surface area contributed by atoms with Crippen molar-refractivity contribution < 1.29 is 4.79 Å². The Balaban J connectivity index is 1.91. The zero-order chi connectivity index (χ0) is 14.4. The first-order chi connectivity index (χ1) is 9.69. The Hall–Kier alpha value is -2.36. The Morgan fingerprint density at radius 1 is 1.25 bits per heavy atom. The first kappa shape index (κ1) is 14.1. The van der Waals surface area contributed by atoms with Gasteiger partial charge in [0.2, 0.25) is 0 Å². The van der Waals surface area contributed by atoms with Crippen molar-refractivity contribution in [3.8, 4) is 0 Å². The van der Waals surface area contributed by atoms with E-state index >= 15 is 0 Å². The van der Waals surface area contributed by atoms with Crippen LogP contribution in [0.3, 0.4) is 0 Å². The summed E-state index contributed by atoms with van der Waals surface area (Å²) in [4.78, 5) is 16.0. The fourth-order valence-electron chi connectivity index (χ4n) is 1.90. The lowest BCUT2D eigenvalue weighted by molar-refractivity contribution is 0.249. The van der Waals surface area contributed by atoms with E-state index in [1.807, 2.05) is 43.3 Å². The molecule has 0 radical (unpaired) electrons. The highest BCUT2D eigenvalue weighted by Gasteiger charge is 2.09. The molecule has 1 aromatic carbocycles. The van der Waals surface area contributed by atoms with Crippen LogP contribution in [0, 0.1) is 0 Å². The quantitative estimate of drug-likeness (QED) is 0.892. The molecule has 0 bridgehead atoms. The van der Waals surface area contributed by atoms with E-state index < -0.39 is 0 Å². The number of rotatable bonds is 4. The van der Waals surface area contributed by atoms with Crippen LogP contribution in [0.5, 0.6) is 0 Å². The minimum atomic E-state index is -0.217. The van der Waals surface area contributed by atoms with Crippen molar-refractivity contribution in [1.29, 1.82) is 0 Å². The van der Waals surface area contributed by atoms with Gasteiger partial charge in [-0.05, 0) is 42.7 Å². The van der Waals surface area contributed by atoms with Gasteiger partial charge < -0.3 is 10.6 Å². The van der Waals surface area contributed by atoms with Crippen LogP contribution >= 0.6 is 0 Å². The summed E-state index contributed by atoms with van der Waals surface area (Å²) in [6.45, 7) is 4.03. The van der Waals surface area contributed by atoms with Gasteiger partial charge in [0.25, 0.3) is 0 Å². The molecule has 2 rings (SSSR count). The summed E-state index contributed by atoms with van der Waals surface area (Å²) in [5.74, 6) is 0. The van der Waals surface area contributed by atoms with Gasteiger partial charge in [-0.3, -0.25) is 4.98 Å². The molecule has 0 saturated heterocycles. The number of nitrogens with zero attached hydrogens (tertiary/aromatic N) is 1. The van der Waals surface area contributed by atoms with Gasteiger partial charge in [-0.15, -0.1) is 0 Å². The monoisotopic (exact) mass is 269 g/mol. The third-order valence-electron chi connectivity index (χ3n) is 3.15. The maximum absolute atomic E-state index is 11.9. The van der Waals surface area contributed by atoms with Crippen molar-refractivity contribution in [3.05, 3.63) is 59.9 Å². The standard InChI is InChI=1S/C16H19N3O/c1-3-13-6-8-15(9-7-13)19-16(20)18-12(2)14-5-4-10-17-11-14/h4-12H,3H2,1-2H3,(H2,18,19,20)/t12-/m0/s1. The Kier molecular flexibility index (Phi) is 4.71. The molecular weight excluding hydrogens is 250 g/mol. The van der Waals surface area contributed by atoms with Gasteiger partial charge in [0, 0.05) is 18.1 Å². The van der Waals surface area contributed by atoms with Crippen molar-refractivity contribution in [2.24, 2.45) is 0 Å². The Morgan fingerprint density at radius 3 is 2.60 bits per heavy atom. The molecule has 0 aliphatic rings. The van der Waals surface area contributed by atoms with E-state index in [2.05, 4.69) is 22.5 Å². The number of aromatic nitrogens is 1. The summed E-state index contributed by atoms with van der Waals surface area (Å²) in [5, 5.41) is 5.71. The summed E-state index contributed by atoms with van der Waals surface area (Å²) in [6, 6.07) is 11.3. The lowest BCUT2D eigenvalue weighted by Crippen LogP contribution is -2.31. The largest absolute Gasteiger partial charge is 0.331 e. The van der Waals surface area contributed by atoms with Gasteiger partial charge >= 0.3 is 6.03 Å². The molecule has 0 saturated carbocycles. The zero-order valence-corrected chi connectivity index (χ0v) is 11.8. The summed E-state index contributed by atoms with van der Waals surface area (Å²) in [5.41, 5.74) is 3.02. The lowest BCUT2D eigenvalue weighted by atomic mass is 10.1. The van der Waals surface area contributed by atoms with E-state index in [-0.39, 0.29) is 12.1 Å². The number of carbonyl (C=O) groups is 1. The molecule has 1 heterocycles. The topological polar surface area (TPSA) is 54.0 Å². The van der Waals surface area contributed by atoms with Gasteiger partial charge in [0.1, 0.15) is 0 Å². The van der Waals surface area contributed by atoms with Gasteiger partial charge in [0.05, 0.1) is 6.04 Å². The molecule has 20 heavy (non-hydrogen) atoms. The van der Waals surface area contributed by atoms with Crippen LogP contribution in [-0.2, 0) is 6.42 Å². The molecule has 2 amide bonds. The molecule has 104 valence electrons. The predicted molar refractivity (Wildman–Crippen MR) is 80.6 cm³/mol. The highest BCUT2D eigenvalue weighted by atomic mass is 16.2. The van der Waals surface area contributed by atoms with Crippen molar-refractivity contribution in [3.63, 3.8) is 0 Å². The highest BCUT2D eigenvalue weighted by Crippen LogP contribution is 2.12. The van der Waals surface area contributed by atoms with Gasteiger partial charge in [0.15, 0.2) is 0 Å². The molecule has 0 unspecified atom stereocenters. The number of hydrogen-bond acceptors (Lipinski definition) is 2. The SMILES string of the molecule is CCc1ccc(NC(=O)N[C@@H](C)c2cccnc2)cc1. The first-order valence-electron chi connectivity index (χ1n) is 6.75. The molecule has 0 spiro atoms. The average molecular weight is 269 g/mol. The van der Waals surface area contributed by atoms with Crippen LogP contribution in [0.4, 0.5) is 10.5 Å². The lowest BCUT2D eigenvalue weighted by Gasteiger charge is -2.14. The first-order valence-corrected chi connectivity index (χ1v) is 6.75.